The predicted octanol–water partition coefficient (Wildman–Crippen LogP) is 1.85. The van der Waals surface area contributed by atoms with Crippen LogP contribution >= 0.6 is 0 Å². The minimum atomic E-state index is -0.204. The summed E-state index contributed by atoms with van der Waals surface area (Å²) in [6.07, 6.45) is 3.85. The summed E-state index contributed by atoms with van der Waals surface area (Å²) < 4.78 is 5.09. The molecule has 2 saturated heterocycles. The summed E-state index contributed by atoms with van der Waals surface area (Å²) in [5.41, 5.74) is 0. The molecule has 2 rings (SSSR count). The summed E-state index contributed by atoms with van der Waals surface area (Å²) in [5, 5.41) is 3.41. The van der Waals surface area contributed by atoms with E-state index in [4.69, 9.17) is 9.73 Å². The largest absolute Gasteiger partial charge is 0.450 e. The van der Waals surface area contributed by atoms with Crippen LogP contribution in [0.15, 0.2) is 4.99 Å². The van der Waals surface area contributed by atoms with Gasteiger partial charge in [0.2, 0.25) is 0 Å². The molecule has 0 radical (unpaired) electrons. The van der Waals surface area contributed by atoms with Crippen LogP contribution in [0.2, 0.25) is 0 Å². The number of carbonyl (C=O) groups is 1. The number of rotatable bonds is 6. The second-order valence-electron chi connectivity index (χ2n) is 7.33. The van der Waals surface area contributed by atoms with Crippen molar-refractivity contribution in [1.29, 1.82) is 0 Å². The molecule has 0 aromatic carbocycles. The van der Waals surface area contributed by atoms with Crippen LogP contribution in [0.1, 0.15) is 40.0 Å². The Labute approximate surface area is 158 Å². The molecule has 2 fully saturated rings. The molecule has 0 aromatic heterocycles. The Bertz CT molecular complexity index is 443. The summed E-state index contributed by atoms with van der Waals surface area (Å²) in [6.45, 7) is 15.0. The number of hydrogen-bond acceptors (Lipinski definition) is 4. The molecular weight excluding hydrogens is 330 g/mol. The molecule has 1 atom stereocenters. The number of hydrogen-bond donors (Lipinski definition) is 1. The second kappa shape index (κ2) is 11.3. The topological polar surface area (TPSA) is 60.4 Å². The van der Waals surface area contributed by atoms with E-state index in [1.807, 2.05) is 6.92 Å². The SMILES string of the molecule is CCNC(=NCC(C)CN1CCCCC1)N1CCN(C(=O)OCC)CC1. The van der Waals surface area contributed by atoms with Crippen molar-refractivity contribution in [3.05, 3.63) is 0 Å². The van der Waals surface area contributed by atoms with E-state index in [2.05, 4.69) is 29.0 Å². The number of likely N-dealkylation sites (tertiary alicyclic amines) is 1. The van der Waals surface area contributed by atoms with E-state index >= 15 is 0 Å². The van der Waals surface area contributed by atoms with E-state index < -0.39 is 0 Å². The van der Waals surface area contributed by atoms with Crippen molar-refractivity contribution in [3.63, 3.8) is 0 Å². The lowest BCUT2D eigenvalue weighted by Gasteiger charge is -2.36. The number of carbonyl (C=O) groups excluding carboxylic acids is 1. The van der Waals surface area contributed by atoms with Crippen LogP contribution in [0.3, 0.4) is 0 Å². The minimum absolute atomic E-state index is 0.204. The van der Waals surface area contributed by atoms with Gasteiger partial charge in [-0.3, -0.25) is 4.99 Å². The lowest BCUT2D eigenvalue weighted by atomic mass is 10.1. The van der Waals surface area contributed by atoms with Crippen LogP contribution in [0.5, 0.6) is 0 Å². The zero-order valence-electron chi connectivity index (χ0n) is 16.9. The Morgan fingerprint density at radius 1 is 1.04 bits per heavy atom. The minimum Gasteiger partial charge on any atom is -0.450 e. The summed E-state index contributed by atoms with van der Waals surface area (Å²) in [6, 6.07) is 0. The number of piperidine rings is 1. The Morgan fingerprint density at radius 2 is 1.69 bits per heavy atom. The second-order valence-corrected chi connectivity index (χ2v) is 7.33. The normalized spacial score (nSPS) is 20.8. The fraction of sp³-hybridized carbons (Fsp3) is 0.895. The van der Waals surface area contributed by atoms with Crippen molar-refractivity contribution >= 4 is 12.1 Å². The first kappa shape index (κ1) is 20.8. The maximum Gasteiger partial charge on any atom is 0.409 e. The van der Waals surface area contributed by atoms with Gasteiger partial charge < -0.3 is 24.8 Å². The van der Waals surface area contributed by atoms with Gasteiger partial charge in [-0.1, -0.05) is 13.3 Å². The first-order chi connectivity index (χ1) is 12.6. The average molecular weight is 368 g/mol. The molecule has 2 aliphatic rings. The molecular formula is C19H37N5O2. The highest BCUT2D eigenvalue weighted by molar-refractivity contribution is 5.80. The summed E-state index contributed by atoms with van der Waals surface area (Å²) in [7, 11) is 0. The molecule has 1 N–H and O–H groups in total. The van der Waals surface area contributed by atoms with Gasteiger partial charge in [-0.15, -0.1) is 0 Å². The Morgan fingerprint density at radius 3 is 2.31 bits per heavy atom. The van der Waals surface area contributed by atoms with Crippen molar-refractivity contribution < 1.29 is 9.53 Å². The Kier molecular flexibility index (Phi) is 9.01. The molecule has 150 valence electrons. The molecule has 7 nitrogen and oxygen atoms in total. The van der Waals surface area contributed by atoms with Crippen LogP contribution in [0.25, 0.3) is 0 Å². The number of amides is 1. The van der Waals surface area contributed by atoms with Crippen molar-refractivity contribution in [2.45, 2.75) is 40.0 Å². The smallest absolute Gasteiger partial charge is 0.409 e. The molecule has 7 heteroatoms. The summed E-state index contributed by atoms with van der Waals surface area (Å²) in [4.78, 5) is 23.3. The van der Waals surface area contributed by atoms with Gasteiger partial charge in [-0.25, -0.2) is 4.79 Å². The highest BCUT2D eigenvalue weighted by Gasteiger charge is 2.24. The van der Waals surface area contributed by atoms with Crippen LogP contribution in [-0.4, -0.2) is 92.3 Å². The van der Waals surface area contributed by atoms with Gasteiger partial charge >= 0.3 is 6.09 Å². The van der Waals surface area contributed by atoms with E-state index in [9.17, 15) is 4.79 Å². The molecule has 0 spiro atoms. The van der Waals surface area contributed by atoms with E-state index in [0.717, 1.165) is 38.7 Å². The summed E-state index contributed by atoms with van der Waals surface area (Å²) >= 11 is 0. The van der Waals surface area contributed by atoms with Crippen LogP contribution in [0.4, 0.5) is 4.79 Å². The first-order valence-electron chi connectivity index (χ1n) is 10.3. The zero-order valence-corrected chi connectivity index (χ0v) is 16.9. The van der Waals surface area contributed by atoms with Gasteiger partial charge in [0.15, 0.2) is 5.96 Å². The molecule has 1 amide bonds. The van der Waals surface area contributed by atoms with Crippen molar-refractivity contribution in [2.75, 3.05) is 65.5 Å². The van der Waals surface area contributed by atoms with Crippen LogP contribution < -0.4 is 5.32 Å². The van der Waals surface area contributed by atoms with Crippen molar-refractivity contribution in [2.24, 2.45) is 10.9 Å². The van der Waals surface area contributed by atoms with E-state index in [-0.39, 0.29) is 6.09 Å². The van der Waals surface area contributed by atoms with Gasteiger partial charge in [-0.2, -0.15) is 0 Å². The van der Waals surface area contributed by atoms with Gasteiger partial charge in [0.25, 0.3) is 0 Å². The highest BCUT2D eigenvalue weighted by Crippen LogP contribution is 2.11. The standard InChI is InChI=1S/C19H37N5O2/c1-4-20-18(21-15-17(3)16-22-9-7-6-8-10-22)23-11-13-24(14-12-23)19(25)26-5-2/h17H,4-16H2,1-3H3,(H,20,21). The molecule has 26 heavy (non-hydrogen) atoms. The Hall–Kier alpha value is -1.50. The molecule has 2 aliphatic heterocycles. The van der Waals surface area contributed by atoms with Crippen LogP contribution in [-0.2, 0) is 4.74 Å². The van der Waals surface area contributed by atoms with Crippen molar-refractivity contribution in [3.8, 4) is 0 Å². The first-order valence-corrected chi connectivity index (χ1v) is 10.3. The number of nitrogens with one attached hydrogen (secondary N) is 1. The third-order valence-electron chi connectivity index (χ3n) is 5.01. The van der Waals surface area contributed by atoms with E-state index in [0.29, 0.717) is 25.6 Å². The molecule has 0 saturated carbocycles. The van der Waals surface area contributed by atoms with Gasteiger partial charge in [0, 0.05) is 45.8 Å². The molecule has 2 heterocycles. The fourth-order valence-corrected chi connectivity index (χ4v) is 3.62. The van der Waals surface area contributed by atoms with Crippen LogP contribution in [0, 0.1) is 5.92 Å². The molecule has 1 unspecified atom stereocenters. The number of guanidine groups is 1. The third-order valence-corrected chi connectivity index (χ3v) is 5.01. The van der Waals surface area contributed by atoms with Gasteiger partial charge in [-0.05, 0) is 45.7 Å². The van der Waals surface area contributed by atoms with E-state index in [1.54, 1.807) is 4.90 Å². The number of piperazine rings is 1. The predicted molar refractivity (Wildman–Crippen MR) is 106 cm³/mol. The average Bonchev–Trinajstić information content (AvgIpc) is 2.66. The number of nitrogens with zero attached hydrogens (tertiary/aromatic N) is 4. The maximum absolute atomic E-state index is 11.8. The fourth-order valence-electron chi connectivity index (χ4n) is 3.62. The lowest BCUT2D eigenvalue weighted by molar-refractivity contribution is 0.0914. The third kappa shape index (κ3) is 6.67. The summed E-state index contributed by atoms with van der Waals surface area (Å²) in [5.74, 6) is 1.53. The monoisotopic (exact) mass is 367 g/mol. The molecule has 0 bridgehead atoms. The quantitative estimate of drug-likeness (QED) is 0.573. The maximum atomic E-state index is 11.8. The number of aliphatic imine (C=N–C) groups is 1. The highest BCUT2D eigenvalue weighted by atomic mass is 16.6. The Balaban J connectivity index is 1.81. The lowest BCUT2D eigenvalue weighted by Crippen LogP contribution is -2.54. The van der Waals surface area contributed by atoms with E-state index in [1.165, 1.54) is 32.4 Å². The molecule has 0 aliphatic carbocycles. The zero-order chi connectivity index (χ0) is 18.8. The van der Waals surface area contributed by atoms with Gasteiger partial charge in [0.05, 0.1) is 6.61 Å². The number of ether oxygens (including phenoxy) is 1. The van der Waals surface area contributed by atoms with Crippen molar-refractivity contribution in [1.82, 2.24) is 20.0 Å². The molecule has 0 aromatic rings. The van der Waals surface area contributed by atoms with Gasteiger partial charge in [0.1, 0.15) is 0 Å².